The van der Waals surface area contributed by atoms with Crippen molar-refractivity contribution in [2.24, 2.45) is 5.92 Å². The number of methoxy groups -OCH3 is 2. The van der Waals surface area contributed by atoms with Crippen LogP contribution in [0.4, 0.5) is 0 Å². The van der Waals surface area contributed by atoms with Crippen LogP contribution in [0.25, 0.3) is 0 Å². The zero-order valence-electron chi connectivity index (χ0n) is 16.3. The van der Waals surface area contributed by atoms with Crippen LogP contribution >= 0.6 is 0 Å². The van der Waals surface area contributed by atoms with E-state index in [1.54, 1.807) is 21.1 Å². The molecule has 0 heterocycles. The van der Waals surface area contributed by atoms with E-state index in [9.17, 15) is 4.79 Å². The Bertz CT molecular complexity index is 324. The van der Waals surface area contributed by atoms with Crippen molar-refractivity contribution in [3.63, 3.8) is 0 Å². The Morgan fingerprint density at radius 1 is 0.917 bits per heavy atom. The Hall–Kier alpha value is -0.870. The minimum Gasteiger partial charge on any atom is -0.462 e. The average molecular weight is 343 g/mol. The maximum absolute atomic E-state index is 11.4. The van der Waals surface area contributed by atoms with Gasteiger partial charge in [-0.15, -0.1) is 0 Å². The Labute approximate surface area is 148 Å². The molecule has 1 atom stereocenters. The third-order valence-electron chi connectivity index (χ3n) is 4.33. The molecule has 1 unspecified atom stereocenters. The van der Waals surface area contributed by atoms with Crippen LogP contribution < -0.4 is 0 Å². The molecule has 0 aromatic heterocycles. The van der Waals surface area contributed by atoms with Gasteiger partial charge < -0.3 is 14.2 Å². The summed E-state index contributed by atoms with van der Waals surface area (Å²) in [5, 5.41) is 0. The SMILES string of the molecule is C=C(C)C(=O)OCCCC(CCCCCCCCC)C(OC)OC. The van der Waals surface area contributed by atoms with Crippen molar-refractivity contribution in [2.75, 3.05) is 20.8 Å². The molecule has 0 aliphatic rings. The summed E-state index contributed by atoms with van der Waals surface area (Å²) < 4.78 is 16.0. The molecule has 0 aromatic rings. The lowest BCUT2D eigenvalue weighted by atomic mass is 9.95. The lowest BCUT2D eigenvalue weighted by Gasteiger charge is -2.24. The molecule has 0 amide bonds. The van der Waals surface area contributed by atoms with Crippen molar-refractivity contribution >= 4 is 5.97 Å². The summed E-state index contributed by atoms with van der Waals surface area (Å²) in [4.78, 5) is 11.4. The van der Waals surface area contributed by atoms with Crippen molar-refractivity contribution in [1.29, 1.82) is 0 Å². The molecule has 4 nitrogen and oxygen atoms in total. The van der Waals surface area contributed by atoms with E-state index in [1.165, 1.54) is 44.9 Å². The molecule has 24 heavy (non-hydrogen) atoms. The highest BCUT2D eigenvalue weighted by Crippen LogP contribution is 2.23. The third kappa shape index (κ3) is 11.6. The van der Waals surface area contributed by atoms with Gasteiger partial charge in [-0.3, -0.25) is 0 Å². The first-order valence-corrected chi connectivity index (χ1v) is 9.45. The number of rotatable bonds is 16. The van der Waals surface area contributed by atoms with Gasteiger partial charge in [0.25, 0.3) is 0 Å². The average Bonchev–Trinajstić information content (AvgIpc) is 2.57. The number of ether oxygens (including phenoxy) is 3. The molecule has 4 heteroatoms. The first-order valence-electron chi connectivity index (χ1n) is 9.45. The number of unbranched alkanes of at least 4 members (excludes halogenated alkanes) is 6. The van der Waals surface area contributed by atoms with Crippen LogP contribution in [0.5, 0.6) is 0 Å². The molecule has 0 bridgehead atoms. The molecule has 0 aliphatic heterocycles. The van der Waals surface area contributed by atoms with Crippen molar-refractivity contribution in [1.82, 2.24) is 0 Å². The van der Waals surface area contributed by atoms with Crippen LogP contribution in [0.1, 0.15) is 78.1 Å². The van der Waals surface area contributed by atoms with Crippen LogP contribution in [0.3, 0.4) is 0 Å². The molecule has 0 aromatic carbocycles. The molecule has 0 radical (unpaired) electrons. The molecule has 0 aliphatic carbocycles. The first kappa shape index (κ1) is 23.1. The Balaban J connectivity index is 4.01. The highest BCUT2D eigenvalue weighted by atomic mass is 16.7. The Kier molecular flexibility index (Phi) is 15.1. The fourth-order valence-corrected chi connectivity index (χ4v) is 2.89. The van der Waals surface area contributed by atoms with Crippen molar-refractivity contribution in [2.45, 2.75) is 84.3 Å². The number of carbonyl (C=O) groups excluding carboxylic acids is 1. The van der Waals surface area contributed by atoms with E-state index in [1.807, 2.05) is 0 Å². The molecule has 0 saturated heterocycles. The van der Waals surface area contributed by atoms with E-state index in [0.717, 1.165) is 19.3 Å². The maximum atomic E-state index is 11.4. The van der Waals surface area contributed by atoms with E-state index in [0.29, 0.717) is 18.1 Å². The lowest BCUT2D eigenvalue weighted by Crippen LogP contribution is -2.25. The van der Waals surface area contributed by atoms with Gasteiger partial charge in [0.05, 0.1) is 6.61 Å². The number of hydrogen-bond donors (Lipinski definition) is 0. The number of hydrogen-bond acceptors (Lipinski definition) is 4. The van der Waals surface area contributed by atoms with Crippen molar-refractivity contribution < 1.29 is 19.0 Å². The molecule has 0 fully saturated rings. The smallest absolute Gasteiger partial charge is 0.333 e. The summed E-state index contributed by atoms with van der Waals surface area (Å²) in [6.45, 7) is 7.92. The van der Waals surface area contributed by atoms with Crippen LogP contribution in [0.2, 0.25) is 0 Å². The van der Waals surface area contributed by atoms with Crippen molar-refractivity contribution in [3.8, 4) is 0 Å². The van der Waals surface area contributed by atoms with Gasteiger partial charge in [0.1, 0.15) is 0 Å². The summed E-state index contributed by atoms with van der Waals surface area (Å²) in [6.07, 6.45) is 11.8. The van der Waals surface area contributed by atoms with E-state index in [4.69, 9.17) is 14.2 Å². The maximum Gasteiger partial charge on any atom is 0.333 e. The predicted octanol–water partition coefficient (Wildman–Crippen LogP) is 5.26. The standard InChI is InChI=1S/C20H38O4/c1-6-7-8-9-10-11-12-14-18(20(22-4)23-5)15-13-16-24-19(21)17(2)3/h18,20H,2,6-16H2,1,3-5H3. The summed E-state index contributed by atoms with van der Waals surface area (Å²) in [6, 6.07) is 0. The monoisotopic (exact) mass is 342 g/mol. The number of carbonyl (C=O) groups is 1. The largest absolute Gasteiger partial charge is 0.462 e. The molecular weight excluding hydrogens is 304 g/mol. The zero-order valence-corrected chi connectivity index (χ0v) is 16.3. The van der Waals surface area contributed by atoms with Gasteiger partial charge in [-0.1, -0.05) is 58.4 Å². The Morgan fingerprint density at radius 3 is 2.00 bits per heavy atom. The Morgan fingerprint density at radius 2 is 1.46 bits per heavy atom. The minimum atomic E-state index is -0.311. The van der Waals surface area contributed by atoms with E-state index in [2.05, 4.69) is 13.5 Å². The second-order valence-electron chi connectivity index (χ2n) is 6.57. The van der Waals surface area contributed by atoms with Gasteiger partial charge in [0, 0.05) is 25.7 Å². The van der Waals surface area contributed by atoms with E-state index in [-0.39, 0.29) is 12.3 Å². The molecule has 0 saturated carbocycles. The molecule has 142 valence electrons. The fraction of sp³-hybridized carbons (Fsp3) is 0.850. The van der Waals surface area contributed by atoms with Crippen LogP contribution in [0, 0.1) is 5.92 Å². The van der Waals surface area contributed by atoms with Crippen LogP contribution in [0.15, 0.2) is 12.2 Å². The summed E-state index contributed by atoms with van der Waals surface area (Å²) in [5.41, 5.74) is 0.446. The number of esters is 1. The third-order valence-corrected chi connectivity index (χ3v) is 4.33. The van der Waals surface area contributed by atoms with E-state index < -0.39 is 0 Å². The highest BCUT2D eigenvalue weighted by molar-refractivity contribution is 5.86. The molecule has 0 N–H and O–H groups in total. The normalized spacial score (nSPS) is 12.4. The van der Waals surface area contributed by atoms with Crippen LogP contribution in [-0.4, -0.2) is 33.1 Å². The summed E-state index contributed by atoms with van der Waals surface area (Å²) in [5.74, 6) is 0.0350. The quantitative estimate of drug-likeness (QED) is 0.166. The predicted molar refractivity (Wildman–Crippen MR) is 98.9 cm³/mol. The second kappa shape index (κ2) is 15.6. The second-order valence-corrected chi connectivity index (χ2v) is 6.57. The van der Waals surface area contributed by atoms with Gasteiger partial charge in [-0.2, -0.15) is 0 Å². The molecule has 0 spiro atoms. The molecule has 0 rings (SSSR count). The van der Waals surface area contributed by atoms with Gasteiger partial charge in [-0.25, -0.2) is 4.79 Å². The van der Waals surface area contributed by atoms with Crippen molar-refractivity contribution in [3.05, 3.63) is 12.2 Å². The van der Waals surface area contributed by atoms with Crippen LogP contribution in [-0.2, 0) is 19.0 Å². The van der Waals surface area contributed by atoms with Gasteiger partial charge >= 0.3 is 5.97 Å². The fourth-order valence-electron chi connectivity index (χ4n) is 2.89. The van der Waals surface area contributed by atoms with Gasteiger partial charge in [-0.05, 0) is 26.2 Å². The minimum absolute atomic E-state index is 0.179. The summed E-state index contributed by atoms with van der Waals surface area (Å²) in [7, 11) is 3.38. The molecular formula is C20H38O4. The highest BCUT2D eigenvalue weighted by Gasteiger charge is 2.20. The van der Waals surface area contributed by atoms with Gasteiger partial charge in [0.15, 0.2) is 6.29 Å². The lowest BCUT2D eigenvalue weighted by molar-refractivity contribution is -0.144. The topological polar surface area (TPSA) is 44.8 Å². The van der Waals surface area contributed by atoms with Gasteiger partial charge in [0.2, 0.25) is 0 Å². The van der Waals surface area contributed by atoms with E-state index >= 15 is 0 Å². The zero-order chi connectivity index (χ0) is 18.2. The first-order chi connectivity index (χ1) is 11.6. The summed E-state index contributed by atoms with van der Waals surface area (Å²) >= 11 is 0.